The fraction of sp³-hybridized carbons (Fsp3) is 0.238. The molecule has 1 heterocycles. The Hall–Kier alpha value is -3.28. The molecule has 0 saturated heterocycles. The third-order valence-electron chi connectivity index (χ3n) is 4.35. The molecule has 1 aliphatic rings. The number of hydrogen-bond donors (Lipinski definition) is 2. The molecule has 6 nitrogen and oxygen atoms in total. The first-order chi connectivity index (χ1) is 13.1. The highest BCUT2D eigenvalue weighted by atomic mass is 16.5. The summed E-state index contributed by atoms with van der Waals surface area (Å²) in [5, 5.41) is 5.49. The van der Waals surface area contributed by atoms with Crippen molar-refractivity contribution >= 4 is 12.0 Å². The van der Waals surface area contributed by atoms with Crippen LogP contribution >= 0.6 is 0 Å². The Bertz CT molecular complexity index is 861. The maximum atomic E-state index is 12.3. The van der Waals surface area contributed by atoms with Crippen molar-refractivity contribution in [3.8, 4) is 5.75 Å². The van der Waals surface area contributed by atoms with Gasteiger partial charge in [-0.2, -0.15) is 0 Å². The number of allylic oxidation sites excluding steroid dienone is 1. The monoisotopic (exact) mass is 366 g/mol. The summed E-state index contributed by atoms with van der Waals surface area (Å²) < 4.78 is 10.8. The Balaban J connectivity index is 1.87. The molecule has 2 amide bonds. The minimum atomic E-state index is -0.596. The van der Waals surface area contributed by atoms with Crippen molar-refractivity contribution in [2.75, 3.05) is 7.11 Å². The van der Waals surface area contributed by atoms with Gasteiger partial charge >= 0.3 is 12.0 Å². The van der Waals surface area contributed by atoms with Crippen LogP contribution in [0.2, 0.25) is 0 Å². The summed E-state index contributed by atoms with van der Waals surface area (Å²) in [4.78, 5) is 24.3. The normalized spacial score (nSPS) is 16.4. The van der Waals surface area contributed by atoms with Crippen LogP contribution in [0.5, 0.6) is 5.75 Å². The Kier molecular flexibility index (Phi) is 5.76. The van der Waals surface area contributed by atoms with E-state index in [1.807, 2.05) is 61.5 Å². The van der Waals surface area contributed by atoms with Gasteiger partial charge in [-0.05, 0) is 29.7 Å². The zero-order valence-electron chi connectivity index (χ0n) is 15.3. The smallest absolute Gasteiger partial charge is 0.337 e. The topological polar surface area (TPSA) is 76.7 Å². The molecule has 0 saturated carbocycles. The van der Waals surface area contributed by atoms with E-state index in [1.165, 1.54) is 7.11 Å². The van der Waals surface area contributed by atoms with Gasteiger partial charge in [0, 0.05) is 5.70 Å². The highest BCUT2D eigenvalue weighted by Gasteiger charge is 2.32. The molecule has 2 aromatic rings. The molecule has 0 fully saturated rings. The number of carbonyl (C=O) groups is 2. The van der Waals surface area contributed by atoms with Gasteiger partial charge in [-0.1, -0.05) is 49.4 Å². The Morgan fingerprint density at radius 3 is 2.59 bits per heavy atom. The lowest BCUT2D eigenvalue weighted by Gasteiger charge is -2.29. The lowest BCUT2D eigenvalue weighted by Crippen LogP contribution is -2.45. The van der Waals surface area contributed by atoms with E-state index in [-0.39, 0.29) is 6.03 Å². The Labute approximate surface area is 158 Å². The average Bonchev–Trinajstić information content (AvgIpc) is 2.72. The van der Waals surface area contributed by atoms with E-state index in [0.717, 1.165) is 11.1 Å². The number of methoxy groups -OCH3 is 1. The van der Waals surface area contributed by atoms with Crippen LogP contribution in [0.1, 0.15) is 30.5 Å². The van der Waals surface area contributed by atoms with Crippen molar-refractivity contribution in [1.29, 1.82) is 0 Å². The molecule has 27 heavy (non-hydrogen) atoms. The van der Waals surface area contributed by atoms with E-state index in [1.54, 1.807) is 0 Å². The number of carbonyl (C=O) groups excluding carboxylic acids is 2. The van der Waals surface area contributed by atoms with Crippen molar-refractivity contribution in [2.45, 2.75) is 26.0 Å². The second-order valence-corrected chi connectivity index (χ2v) is 6.12. The van der Waals surface area contributed by atoms with Gasteiger partial charge in [0.25, 0.3) is 0 Å². The van der Waals surface area contributed by atoms with Crippen molar-refractivity contribution < 1.29 is 19.1 Å². The first kappa shape index (κ1) is 18.5. The number of nitrogens with one attached hydrogen (secondary N) is 2. The van der Waals surface area contributed by atoms with Gasteiger partial charge in [-0.15, -0.1) is 0 Å². The third kappa shape index (κ3) is 4.28. The SMILES string of the molecule is CCC1=C(C(=O)OC)C(c2cccc(OCc3ccccc3)c2)NC(=O)N1. The lowest BCUT2D eigenvalue weighted by atomic mass is 9.94. The molecular weight excluding hydrogens is 344 g/mol. The van der Waals surface area contributed by atoms with Gasteiger partial charge in [-0.25, -0.2) is 9.59 Å². The van der Waals surface area contributed by atoms with Gasteiger partial charge in [0.05, 0.1) is 18.7 Å². The van der Waals surface area contributed by atoms with E-state index in [4.69, 9.17) is 9.47 Å². The van der Waals surface area contributed by atoms with Crippen LogP contribution in [0.4, 0.5) is 4.79 Å². The number of esters is 1. The van der Waals surface area contributed by atoms with Crippen molar-refractivity contribution in [2.24, 2.45) is 0 Å². The summed E-state index contributed by atoms with van der Waals surface area (Å²) in [5.41, 5.74) is 2.77. The fourth-order valence-electron chi connectivity index (χ4n) is 3.02. The largest absolute Gasteiger partial charge is 0.489 e. The van der Waals surface area contributed by atoms with Gasteiger partial charge in [0.15, 0.2) is 0 Å². The summed E-state index contributed by atoms with van der Waals surface area (Å²) >= 11 is 0. The quantitative estimate of drug-likeness (QED) is 0.768. The van der Waals surface area contributed by atoms with Crippen molar-refractivity contribution in [1.82, 2.24) is 10.6 Å². The van der Waals surface area contributed by atoms with Crippen LogP contribution in [-0.2, 0) is 16.1 Å². The fourth-order valence-corrected chi connectivity index (χ4v) is 3.02. The van der Waals surface area contributed by atoms with Crippen molar-refractivity contribution in [3.63, 3.8) is 0 Å². The highest BCUT2D eigenvalue weighted by molar-refractivity contribution is 5.95. The molecule has 1 unspecified atom stereocenters. The van der Waals surface area contributed by atoms with Crippen LogP contribution in [0.25, 0.3) is 0 Å². The van der Waals surface area contributed by atoms with Gasteiger partial charge in [0.2, 0.25) is 0 Å². The molecule has 0 aliphatic carbocycles. The standard InChI is InChI=1S/C21H22N2O4/c1-3-17-18(20(24)26-2)19(23-21(25)22-17)15-10-7-11-16(12-15)27-13-14-8-5-4-6-9-14/h4-12,19H,3,13H2,1-2H3,(H2,22,23,25). The summed E-state index contributed by atoms with van der Waals surface area (Å²) in [6, 6.07) is 16.3. The highest BCUT2D eigenvalue weighted by Crippen LogP contribution is 2.30. The summed E-state index contributed by atoms with van der Waals surface area (Å²) in [6.07, 6.45) is 0.512. The summed E-state index contributed by atoms with van der Waals surface area (Å²) in [5.74, 6) is 0.186. The van der Waals surface area contributed by atoms with Crippen LogP contribution in [0, 0.1) is 0 Å². The first-order valence-corrected chi connectivity index (χ1v) is 8.78. The second kappa shape index (κ2) is 8.40. The number of ether oxygens (including phenoxy) is 2. The van der Waals surface area contributed by atoms with E-state index < -0.39 is 12.0 Å². The maximum absolute atomic E-state index is 12.3. The van der Waals surface area contributed by atoms with Crippen LogP contribution in [-0.4, -0.2) is 19.1 Å². The van der Waals surface area contributed by atoms with Gasteiger partial charge < -0.3 is 20.1 Å². The molecule has 2 aromatic carbocycles. The molecule has 0 spiro atoms. The predicted octanol–water partition coefficient (Wildman–Crippen LogP) is 3.46. The molecule has 140 valence electrons. The van der Waals surface area contributed by atoms with E-state index in [0.29, 0.717) is 30.0 Å². The van der Waals surface area contributed by atoms with Crippen LogP contribution < -0.4 is 15.4 Å². The number of hydrogen-bond acceptors (Lipinski definition) is 4. The molecular formula is C21H22N2O4. The molecule has 2 N–H and O–H groups in total. The second-order valence-electron chi connectivity index (χ2n) is 6.12. The van der Waals surface area contributed by atoms with Crippen molar-refractivity contribution in [3.05, 3.63) is 77.0 Å². The first-order valence-electron chi connectivity index (χ1n) is 8.78. The maximum Gasteiger partial charge on any atom is 0.337 e. The van der Waals surface area contributed by atoms with E-state index in [2.05, 4.69) is 10.6 Å². The third-order valence-corrected chi connectivity index (χ3v) is 4.35. The van der Waals surface area contributed by atoms with Gasteiger partial charge in [-0.3, -0.25) is 0 Å². The summed E-state index contributed by atoms with van der Waals surface area (Å²) in [7, 11) is 1.33. The molecule has 0 aromatic heterocycles. The number of urea groups is 1. The summed E-state index contributed by atoms with van der Waals surface area (Å²) in [6.45, 7) is 2.31. The molecule has 6 heteroatoms. The van der Waals surface area contributed by atoms with Gasteiger partial charge in [0.1, 0.15) is 12.4 Å². The molecule has 1 atom stereocenters. The number of rotatable bonds is 6. The molecule has 0 radical (unpaired) electrons. The van der Waals surface area contributed by atoms with E-state index in [9.17, 15) is 9.59 Å². The predicted molar refractivity (Wildman–Crippen MR) is 101 cm³/mol. The minimum absolute atomic E-state index is 0.347. The lowest BCUT2D eigenvalue weighted by molar-refractivity contribution is -0.136. The number of amides is 2. The minimum Gasteiger partial charge on any atom is -0.489 e. The average molecular weight is 366 g/mol. The van der Waals surface area contributed by atoms with Crippen LogP contribution in [0.3, 0.4) is 0 Å². The number of benzene rings is 2. The Morgan fingerprint density at radius 2 is 1.89 bits per heavy atom. The molecule has 0 bridgehead atoms. The zero-order valence-corrected chi connectivity index (χ0v) is 15.3. The molecule has 3 rings (SSSR count). The Morgan fingerprint density at radius 1 is 1.11 bits per heavy atom. The van der Waals surface area contributed by atoms with E-state index >= 15 is 0 Å². The molecule has 1 aliphatic heterocycles. The van der Waals surface area contributed by atoms with Crippen LogP contribution in [0.15, 0.2) is 65.9 Å². The zero-order chi connectivity index (χ0) is 19.2.